The van der Waals surface area contributed by atoms with Gasteiger partial charge in [0.2, 0.25) is 10.0 Å². The van der Waals surface area contributed by atoms with Gasteiger partial charge in [-0.2, -0.15) is 4.31 Å². The summed E-state index contributed by atoms with van der Waals surface area (Å²) in [6, 6.07) is 0. The molecular formula is C16H32N4O3S. The van der Waals surface area contributed by atoms with Crippen LogP contribution in [-0.4, -0.2) is 81.8 Å². The molecule has 2 unspecified atom stereocenters. The summed E-state index contributed by atoms with van der Waals surface area (Å²) in [5.41, 5.74) is 0. The van der Waals surface area contributed by atoms with E-state index in [2.05, 4.69) is 29.1 Å². The minimum absolute atomic E-state index is 0.0564. The molecule has 2 fully saturated rings. The van der Waals surface area contributed by atoms with Gasteiger partial charge in [0.25, 0.3) is 0 Å². The van der Waals surface area contributed by atoms with Gasteiger partial charge in [-0.1, -0.05) is 13.8 Å². The Kier molecular flexibility index (Phi) is 7.31. The molecule has 24 heavy (non-hydrogen) atoms. The van der Waals surface area contributed by atoms with Gasteiger partial charge in [0.15, 0.2) is 5.96 Å². The summed E-state index contributed by atoms with van der Waals surface area (Å²) in [4.78, 5) is 6.85. The first-order valence-corrected chi connectivity index (χ1v) is 10.6. The molecule has 0 aromatic rings. The molecule has 0 saturated carbocycles. The highest BCUT2D eigenvalue weighted by molar-refractivity contribution is 7.89. The molecule has 2 aliphatic heterocycles. The molecule has 8 heteroatoms. The fourth-order valence-corrected chi connectivity index (χ4v) is 4.77. The number of guanidine groups is 1. The summed E-state index contributed by atoms with van der Waals surface area (Å²) in [6.45, 7) is 11.5. The highest BCUT2D eigenvalue weighted by Gasteiger charge is 2.26. The molecule has 7 nitrogen and oxygen atoms in total. The van der Waals surface area contributed by atoms with Crippen molar-refractivity contribution < 1.29 is 13.2 Å². The van der Waals surface area contributed by atoms with Crippen molar-refractivity contribution >= 4 is 16.0 Å². The fraction of sp³-hybridized carbons (Fsp3) is 0.938. The van der Waals surface area contributed by atoms with Crippen LogP contribution in [0.1, 0.15) is 27.2 Å². The number of hydrogen-bond acceptors (Lipinski definition) is 4. The molecule has 0 amide bonds. The number of rotatable bonds is 5. The van der Waals surface area contributed by atoms with Crippen molar-refractivity contribution in [2.24, 2.45) is 16.8 Å². The molecule has 0 aliphatic carbocycles. The number of ether oxygens (including phenoxy) is 1. The molecule has 1 N–H and O–H groups in total. The molecule has 2 saturated heterocycles. The van der Waals surface area contributed by atoms with Crippen molar-refractivity contribution in [3.05, 3.63) is 0 Å². The molecule has 0 spiro atoms. The van der Waals surface area contributed by atoms with E-state index in [9.17, 15) is 8.42 Å². The minimum atomic E-state index is -3.25. The standard InChI is InChI=1S/C16H32N4O3S/c1-4-17-16(19-12-14(2)11-15(3)13-19)18-5-10-24(21,22)20-6-8-23-9-7-20/h14-15H,4-13H2,1-3H3,(H,17,18). The largest absolute Gasteiger partial charge is 0.379 e. The first-order chi connectivity index (χ1) is 11.4. The summed E-state index contributed by atoms with van der Waals surface area (Å²) in [7, 11) is -3.25. The van der Waals surface area contributed by atoms with Crippen LogP contribution >= 0.6 is 0 Å². The van der Waals surface area contributed by atoms with Crippen LogP contribution in [-0.2, 0) is 14.8 Å². The van der Waals surface area contributed by atoms with Crippen molar-refractivity contribution in [3.8, 4) is 0 Å². The van der Waals surface area contributed by atoms with Crippen LogP contribution in [0.25, 0.3) is 0 Å². The topological polar surface area (TPSA) is 74.2 Å². The van der Waals surface area contributed by atoms with E-state index in [0.717, 1.165) is 25.6 Å². The van der Waals surface area contributed by atoms with Gasteiger partial charge in [0.05, 0.1) is 25.5 Å². The zero-order valence-corrected chi connectivity index (χ0v) is 16.0. The van der Waals surface area contributed by atoms with Crippen molar-refractivity contribution in [1.29, 1.82) is 0 Å². The van der Waals surface area contributed by atoms with E-state index in [0.29, 0.717) is 44.7 Å². The Balaban J connectivity index is 1.95. The minimum Gasteiger partial charge on any atom is -0.379 e. The van der Waals surface area contributed by atoms with E-state index >= 15 is 0 Å². The van der Waals surface area contributed by atoms with Gasteiger partial charge >= 0.3 is 0 Å². The third-order valence-corrected chi connectivity index (χ3v) is 6.33. The number of piperidine rings is 1. The molecule has 140 valence electrons. The van der Waals surface area contributed by atoms with Crippen LogP contribution in [0.3, 0.4) is 0 Å². The third-order valence-electron chi connectivity index (χ3n) is 4.48. The van der Waals surface area contributed by atoms with Gasteiger partial charge in [-0.05, 0) is 25.2 Å². The van der Waals surface area contributed by atoms with Crippen LogP contribution in [0.15, 0.2) is 4.99 Å². The summed E-state index contributed by atoms with van der Waals surface area (Å²) < 4.78 is 31.5. The Hall–Kier alpha value is -0.860. The second-order valence-electron chi connectivity index (χ2n) is 6.91. The second kappa shape index (κ2) is 9.01. The Labute approximate surface area is 146 Å². The summed E-state index contributed by atoms with van der Waals surface area (Å²) in [5.74, 6) is 2.17. The van der Waals surface area contributed by atoms with Gasteiger partial charge in [-0.25, -0.2) is 8.42 Å². The first-order valence-electron chi connectivity index (χ1n) is 9.01. The normalized spacial score (nSPS) is 27.3. The Morgan fingerprint density at radius 2 is 1.83 bits per heavy atom. The van der Waals surface area contributed by atoms with Crippen LogP contribution in [0.2, 0.25) is 0 Å². The number of aliphatic imine (C=N–C) groups is 1. The molecule has 2 heterocycles. The Bertz CT molecular complexity index is 507. The van der Waals surface area contributed by atoms with Gasteiger partial charge in [0, 0.05) is 32.7 Å². The molecule has 0 bridgehead atoms. The van der Waals surface area contributed by atoms with E-state index in [1.165, 1.54) is 10.7 Å². The van der Waals surface area contributed by atoms with Crippen molar-refractivity contribution in [2.45, 2.75) is 27.2 Å². The Morgan fingerprint density at radius 3 is 2.42 bits per heavy atom. The van der Waals surface area contributed by atoms with Crippen LogP contribution < -0.4 is 5.32 Å². The maximum Gasteiger partial charge on any atom is 0.216 e. The molecule has 0 aromatic carbocycles. The number of sulfonamides is 1. The molecular weight excluding hydrogens is 328 g/mol. The van der Waals surface area contributed by atoms with Crippen LogP contribution in [0.4, 0.5) is 0 Å². The van der Waals surface area contributed by atoms with Gasteiger partial charge < -0.3 is 15.0 Å². The first kappa shape index (κ1) is 19.5. The SMILES string of the molecule is CCNC(=NCCS(=O)(=O)N1CCOCC1)N1CC(C)CC(C)C1. The average Bonchev–Trinajstić information content (AvgIpc) is 2.54. The molecule has 2 atom stereocenters. The smallest absolute Gasteiger partial charge is 0.216 e. The fourth-order valence-electron chi connectivity index (χ4n) is 3.48. The zero-order valence-electron chi connectivity index (χ0n) is 15.2. The third kappa shape index (κ3) is 5.60. The lowest BCUT2D eigenvalue weighted by Gasteiger charge is -2.37. The van der Waals surface area contributed by atoms with E-state index in [4.69, 9.17) is 4.74 Å². The summed E-state index contributed by atoms with van der Waals surface area (Å²) >= 11 is 0. The highest BCUT2D eigenvalue weighted by Crippen LogP contribution is 2.20. The van der Waals surface area contributed by atoms with Crippen molar-refractivity contribution in [1.82, 2.24) is 14.5 Å². The monoisotopic (exact) mass is 360 g/mol. The van der Waals surface area contributed by atoms with Gasteiger partial charge in [-0.15, -0.1) is 0 Å². The van der Waals surface area contributed by atoms with E-state index in [1.807, 2.05) is 6.92 Å². The second-order valence-corrected chi connectivity index (χ2v) is 9.00. The molecule has 0 radical (unpaired) electrons. The molecule has 0 aromatic heterocycles. The molecule has 2 rings (SSSR count). The average molecular weight is 361 g/mol. The maximum atomic E-state index is 12.4. The van der Waals surface area contributed by atoms with E-state index < -0.39 is 10.0 Å². The van der Waals surface area contributed by atoms with Gasteiger partial charge in [-0.3, -0.25) is 4.99 Å². The Morgan fingerprint density at radius 1 is 1.21 bits per heavy atom. The quantitative estimate of drug-likeness (QED) is 0.574. The van der Waals surface area contributed by atoms with Crippen molar-refractivity contribution in [2.75, 3.05) is 58.2 Å². The number of hydrogen-bond donors (Lipinski definition) is 1. The highest BCUT2D eigenvalue weighted by atomic mass is 32.2. The zero-order chi connectivity index (χ0) is 17.6. The lowest BCUT2D eigenvalue weighted by atomic mass is 9.92. The summed E-state index contributed by atoms with van der Waals surface area (Å²) in [5, 5.41) is 3.31. The van der Waals surface area contributed by atoms with E-state index in [-0.39, 0.29) is 5.75 Å². The van der Waals surface area contributed by atoms with E-state index in [1.54, 1.807) is 0 Å². The molecule has 2 aliphatic rings. The number of morpholine rings is 1. The maximum absolute atomic E-state index is 12.4. The number of likely N-dealkylation sites (tertiary alicyclic amines) is 1. The predicted molar refractivity (Wildman–Crippen MR) is 96.7 cm³/mol. The van der Waals surface area contributed by atoms with Crippen LogP contribution in [0.5, 0.6) is 0 Å². The lowest BCUT2D eigenvalue weighted by molar-refractivity contribution is 0.0731. The van der Waals surface area contributed by atoms with Crippen molar-refractivity contribution in [3.63, 3.8) is 0 Å². The lowest BCUT2D eigenvalue weighted by Crippen LogP contribution is -2.48. The van der Waals surface area contributed by atoms with Gasteiger partial charge in [0.1, 0.15) is 0 Å². The predicted octanol–water partition coefficient (Wildman–Crippen LogP) is 0.592. The number of nitrogens with zero attached hydrogens (tertiary/aromatic N) is 3. The number of nitrogens with one attached hydrogen (secondary N) is 1. The summed E-state index contributed by atoms with van der Waals surface area (Å²) in [6.07, 6.45) is 1.24. The van der Waals surface area contributed by atoms with Crippen LogP contribution in [0, 0.1) is 11.8 Å².